The molecule has 1 amide bonds. The molecule has 3 nitrogen and oxygen atoms in total. The summed E-state index contributed by atoms with van der Waals surface area (Å²) in [5.74, 6) is 0.804. The minimum atomic E-state index is 0.0193. The Morgan fingerprint density at radius 1 is 1.14 bits per heavy atom. The van der Waals surface area contributed by atoms with Crippen LogP contribution in [0.15, 0.2) is 54.6 Å². The van der Waals surface area contributed by atoms with E-state index in [0.29, 0.717) is 24.5 Å². The fraction of sp³-hybridized carbons (Fsp3) is 0.278. The Morgan fingerprint density at radius 3 is 2.50 bits per heavy atom. The Kier molecular flexibility index (Phi) is 6.28. The van der Waals surface area contributed by atoms with Gasteiger partial charge in [-0.05, 0) is 43.2 Å². The lowest BCUT2D eigenvalue weighted by atomic mass is 10.1. The van der Waals surface area contributed by atoms with Gasteiger partial charge in [0.2, 0.25) is 5.91 Å². The number of carbonyl (C=O) groups excluding carboxylic acids is 1. The van der Waals surface area contributed by atoms with Crippen molar-refractivity contribution in [1.29, 1.82) is 0 Å². The Labute approximate surface area is 136 Å². The van der Waals surface area contributed by atoms with Gasteiger partial charge in [-0.25, -0.2) is 0 Å². The number of amides is 1. The molecule has 0 unspecified atom stereocenters. The van der Waals surface area contributed by atoms with Gasteiger partial charge in [-0.15, -0.1) is 0 Å². The van der Waals surface area contributed by atoms with Crippen LogP contribution in [0.5, 0.6) is 5.75 Å². The molecule has 116 valence electrons. The van der Waals surface area contributed by atoms with Crippen LogP contribution in [0.2, 0.25) is 5.02 Å². The van der Waals surface area contributed by atoms with Gasteiger partial charge < -0.3 is 10.1 Å². The van der Waals surface area contributed by atoms with Gasteiger partial charge in [-0.2, -0.15) is 0 Å². The molecule has 2 aromatic carbocycles. The second kappa shape index (κ2) is 8.44. The van der Waals surface area contributed by atoms with Crippen LogP contribution in [0, 0.1) is 0 Å². The first kappa shape index (κ1) is 16.4. The van der Waals surface area contributed by atoms with Gasteiger partial charge >= 0.3 is 0 Å². The molecule has 22 heavy (non-hydrogen) atoms. The standard InChI is InChI=1S/C18H20ClNO2/c1-14(15-6-3-2-4-7-15)20-18(21)8-5-13-22-17-11-9-16(19)10-12-17/h2-4,6-7,9-12,14H,5,8,13H2,1H3,(H,20,21)/t14-/m1/s1. The largest absolute Gasteiger partial charge is 0.494 e. The predicted octanol–water partition coefficient (Wildman–Crippen LogP) is 4.38. The summed E-state index contributed by atoms with van der Waals surface area (Å²) < 4.78 is 5.56. The quantitative estimate of drug-likeness (QED) is 0.770. The molecule has 0 heterocycles. The van der Waals surface area contributed by atoms with Crippen LogP contribution < -0.4 is 10.1 Å². The first-order valence-corrected chi connectivity index (χ1v) is 7.75. The zero-order valence-corrected chi connectivity index (χ0v) is 13.3. The Hall–Kier alpha value is -2.00. The second-order valence-corrected chi connectivity index (χ2v) is 5.54. The zero-order chi connectivity index (χ0) is 15.8. The van der Waals surface area contributed by atoms with Crippen LogP contribution in [-0.4, -0.2) is 12.5 Å². The number of benzene rings is 2. The summed E-state index contributed by atoms with van der Waals surface area (Å²) in [6, 6.07) is 17.1. The van der Waals surface area contributed by atoms with Crippen molar-refractivity contribution in [2.45, 2.75) is 25.8 Å². The molecule has 2 rings (SSSR count). The van der Waals surface area contributed by atoms with Crippen LogP contribution in [0.3, 0.4) is 0 Å². The molecule has 4 heteroatoms. The second-order valence-electron chi connectivity index (χ2n) is 5.11. The highest BCUT2D eigenvalue weighted by Gasteiger charge is 2.08. The van der Waals surface area contributed by atoms with Crippen LogP contribution in [0.4, 0.5) is 0 Å². The molecule has 0 saturated carbocycles. The van der Waals surface area contributed by atoms with E-state index in [9.17, 15) is 4.79 Å². The van der Waals surface area contributed by atoms with E-state index in [1.165, 1.54) is 0 Å². The monoisotopic (exact) mass is 317 g/mol. The molecule has 0 radical (unpaired) electrons. The van der Waals surface area contributed by atoms with E-state index in [1.54, 1.807) is 12.1 Å². The third kappa shape index (κ3) is 5.41. The van der Waals surface area contributed by atoms with Crippen LogP contribution >= 0.6 is 11.6 Å². The van der Waals surface area contributed by atoms with Crippen molar-refractivity contribution < 1.29 is 9.53 Å². The molecule has 0 aliphatic rings. The SMILES string of the molecule is C[C@@H](NC(=O)CCCOc1ccc(Cl)cc1)c1ccccc1. The van der Waals surface area contributed by atoms with Gasteiger partial charge in [0.05, 0.1) is 12.6 Å². The molecule has 1 atom stereocenters. The van der Waals surface area contributed by atoms with Gasteiger partial charge in [-0.1, -0.05) is 41.9 Å². The number of hydrogen-bond donors (Lipinski definition) is 1. The smallest absolute Gasteiger partial charge is 0.220 e. The summed E-state index contributed by atoms with van der Waals surface area (Å²) in [6.45, 7) is 2.49. The van der Waals surface area contributed by atoms with E-state index >= 15 is 0 Å². The van der Waals surface area contributed by atoms with Crippen molar-refractivity contribution in [2.75, 3.05) is 6.61 Å². The Morgan fingerprint density at radius 2 is 1.82 bits per heavy atom. The van der Waals surface area contributed by atoms with Crippen LogP contribution in [-0.2, 0) is 4.79 Å². The third-order valence-electron chi connectivity index (χ3n) is 3.31. The first-order valence-electron chi connectivity index (χ1n) is 7.38. The van der Waals surface area contributed by atoms with Gasteiger partial charge in [0, 0.05) is 11.4 Å². The van der Waals surface area contributed by atoms with E-state index < -0.39 is 0 Å². The minimum absolute atomic E-state index is 0.0193. The van der Waals surface area contributed by atoms with Crippen LogP contribution in [0.25, 0.3) is 0 Å². The van der Waals surface area contributed by atoms with Crippen molar-refractivity contribution in [2.24, 2.45) is 0 Å². The maximum Gasteiger partial charge on any atom is 0.220 e. The van der Waals surface area contributed by atoms with Gasteiger partial charge in [0.1, 0.15) is 5.75 Å². The van der Waals surface area contributed by atoms with Crippen molar-refractivity contribution in [1.82, 2.24) is 5.32 Å². The summed E-state index contributed by atoms with van der Waals surface area (Å²) >= 11 is 5.81. The Bertz CT molecular complexity index is 584. The lowest BCUT2D eigenvalue weighted by Gasteiger charge is -2.14. The molecule has 0 fully saturated rings. The fourth-order valence-corrected chi connectivity index (χ4v) is 2.22. The zero-order valence-electron chi connectivity index (χ0n) is 12.6. The third-order valence-corrected chi connectivity index (χ3v) is 3.56. The molecule has 0 saturated heterocycles. The molecule has 0 aromatic heterocycles. The number of rotatable bonds is 7. The number of halogens is 1. The molecule has 0 aliphatic heterocycles. The normalized spacial score (nSPS) is 11.7. The average molecular weight is 318 g/mol. The highest BCUT2D eigenvalue weighted by molar-refractivity contribution is 6.30. The van der Waals surface area contributed by atoms with Crippen molar-refractivity contribution in [3.8, 4) is 5.75 Å². The highest BCUT2D eigenvalue weighted by atomic mass is 35.5. The molecule has 0 bridgehead atoms. The van der Waals surface area contributed by atoms with Crippen molar-refractivity contribution in [3.05, 3.63) is 65.2 Å². The van der Waals surface area contributed by atoms with Crippen molar-refractivity contribution >= 4 is 17.5 Å². The molecule has 0 spiro atoms. The summed E-state index contributed by atoms with van der Waals surface area (Å²) in [5.41, 5.74) is 1.10. The summed E-state index contributed by atoms with van der Waals surface area (Å²) in [6.07, 6.45) is 1.13. The van der Waals surface area contributed by atoms with E-state index in [1.807, 2.05) is 49.4 Å². The lowest BCUT2D eigenvalue weighted by Crippen LogP contribution is -2.26. The maximum absolute atomic E-state index is 11.9. The fourth-order valence-electron chi connectivity index (χ4n) is 2.09. The minimum Gasteiger partial charge on any atom is -0.494 e. The lowest BCUT2D eigenvalue weighted by molar-refractivity contribution is -0.121. The van der Waals surface area contributed by atoms with E-state index in [-0.39, 0.29) is 11.9 Å². The molecular weight excluding hydrogens is 298 g/mol. The maximum atomic E-state index is 11.9. The highest BCUT2D eigenvalue weighted by Crippen LogP contribution is 2.16. The van der Waals surface area contributed by atoms with E-state index in [0.717, 1.165) is 11.3 Å². The summed E-state index contributed by atoms with van der Waals surface area (Å²) in [4.78, 5) is 11.9. The van der Waals surface area contributed by atoms with Crippen LogP contribution in [0.1, 0.15) is 31.4 Å². The van der Waals surface area contributed by atoms with Gasteiger partial charge in [0.25, 0.3) is 0 Å². The van der Waals surface area contributed by atoms with E-state index in [4.69, 9.17) is 16.3 Å². The topological polar surface area (TPSA) is 38.3 Å². The Balaban J connectivity index is 1.66. The molecule has 2 aromatic rings. The van der Waals surface area contributed by atoms with E-state index in [2.05, 4.69) is 5.32 Å². The number of ether oxygens (including phenoxy) is 1. The molecular formula is C18H20ClNO2. The van der Waals surface area contributed by atoms with Crippen molar-refractivity contribution in [3.63, 3.8) is 0 Å². The average Bonchev–Trinajstić information content (AvgIpc) is 2.54. The number of nitrogens with one attached hydrogen (secondary N) is 1. The molecule has 1 N–H and O–H groups in total. The summed E-state index contributed by atoms with van der Waals surface area (Å²) in [5, 5.41) is 3.67. The molecule has 0 aliphatic carbocycles. The number of carbonyl (C=O) groups is 1. The van der Waals surface area contributed by atoms with Gasteiger partial charge in [-0.3, -0.25) is 4.79 Å². The first-order chi connectivity index (χ1) is 10.6. The number of hydrogen-bond acceptors (Lipinski definition) is 2. The van der Waals surface area contributed by atoms with Gasteiger partial charge in [0.15, 0.2) is 0 Å². The predicted molar refractivity (Wildman–Crippen MR) is 89.2 cm³/mol. The summed E-state index contributed by atoms with van der Waals surface area (Å²) in [7, 11) is 0.